The van der Waals surface area contributed by atoms with E-state index >= 15 is 0 Å². The average Bonchev–Trinajstić information content (AvgIpc) is 2.46. The summed E-state index contributed by atoms with van der Waals surface area (Å²) in [4.78, 5) is 24.4. The van der Waals surface area contributed by atoms with Crippen molar-refractivity contribution in [2.75, 3.05) is 26.7 Å². The highest BCUT2D eigenvalue weighted by molar-refractivity contribution is 5.85. The fourth-order valence-electron chi connectivity index (χ4n) is 2.20. The topological polar surface area (TPSA) is 78.9 Å². The second-order valence-corrected chi connectivity index (χ2v) is 5.08. The molecule has 0 radical (unpaired) electrons. The number of amides is 1. The van der Waals surface area contributed by atoms with Gasteiger partial charge in [-0.1, -0.05) is 31.2 Å². The molecule has 1 aromatic carbocycles. The van der Waals surface area contributed by atoms with Gasteiger partial charge in [0.2, 0.25) is 5.91 Å². The molecule has 1 amide bonds. The summed E-state index contributed by atoms with van der Waals surface area (Å²) in [6.07, 6.45) is 0.803. The number of methoxy groups -OCH3 is 1. The molecule has 0 fully saturated rings. The van der Waals surface area contributed by atoms with E-state index in [1.54, 1.807) is 12.0 Å². The number of rotatable bonds is 10. The second kappa shape index (κ2) is 11.9. The summed E-state index contributed by atoms with van der Waals surface area (Å²) in [6, 6.07) is 7.73. The molecule has 0 saturated carbocycles. The van der Waals surface area contributed by atoms with Crippen molar-refractivity contribution in [2.45, 2.75) is 26.5 Å². The predicted octanol–water partition coefficient (Wildman–Crippen LogP) is 1.67. The van der Waals surface area contributed by atoms with E-state index in [4.69, 9.17) is 9.84 Å². The fourth-order valence-corrected chi connectivity index (χ4v) is 2.20. The summed E-state index contributed by atoms with van der Waals surface area (Å²) >= 11 is 0. The van der Waals surface area contributed by atoms with Crippen LogP contribution in [0.25, 0.3) is 0 Å². The number of ether oxygens (including phenoxy) is 1. The molecule has 0 aliphatic rings. The SMILES string of the molecule is CCCN(CC(=O)O)CC(=O)NCc1ccccc1COC.Cl. The number of nitrogens with zero attached hydrogens (tertiary/aromatic N) is 1. The van der Waals surface area contributed by atoms with E-state index in [2.05, 4.69) is 5.32 Å². The Labute approximate surface area is 143 Å². The third-order valence-electron chi connectivity index (χ3n) is 3.16. The summed E-state index contributed by atoms with van der Waals surface area (Å²) in [7, 11) is 1.63. The number of carboxylic acids is 1. The first-order valence-electron chi connectivity index (χ1n) is 7.33. The third-order valence-corrected chi connectivity index (χ3v) is 3.16. The number of nitrogens with one attached hydrogen (secondary N) is 1. The highest BCUT2D eigenvalue weighted by Crippen LogP contribution is 2.09. The van der Waals surface area contributed by atoms with E-state index in [0.717, 1.165) is 17.5 Å². The van der Waals surface area contributed by atoms with Gasteiger partial charge in [0.1, 0.15) is 0 Å². The van der Waals surface area contributed by atoms with E-state index in [9.17, 15) is 9.59 Å². The lowest BCUT2D eigenvalue weighted by Gasteiger charge is -2.19. The summed E-state index contributed by atoms with van der Waals surface area (Å²) < 4.78 is 5.13. The van der Waals surface area contributed by atoms with Crippen molar-refractivity contribution in [3.63, 3.8) is 0 Å². The first-order chi connectivity index (χ1) is 10.6. The number of hydrogen-bond acceptors (Lipinski definition) is 4. The number of aliphatic carboxylic acids is 1. The fraction of sp³-hybridized carbons (Fsp3) is 0.500. The van der Waals surface area contributed by atoms with Crippen LogP contribution in [0.2, 0.25) is 0 Å². The first-order valence-corrected chi connectivity index (χ1v) is 7.33. The van der Waals surface area contributed by atoms with E-state index in [1.165, 1.54) is 0 Å². The van der Waals surface area contributed by atoms with Crippen LogP contribution < -0.4 is 5.32 Å². The number of hydrogen-bond donors (Lipinski definition) is 2. The van der Waals surface area contributed by atoms with Gasteiger partial charge in [0.05, 0.1) is 19.7 Å². The van der Waals surface area contributed by atoms with E-state index in [0.29, 0.717) is 19.7 Å². The number of carboxylic acid groups (broad SMARTS) is 1. The summed E-state index contributed by atoms with van der Waals surface area (Å²) in [6.45, 7) is 3.40. The smallest absolute Gasteiger partial charge is 0.317 e. The molecule has 23 heavy (non-hydrogen) atoms. The lowest BCUT2D eigenvalue weighted by atomic mass is 10.1. The van der Waals surface area contributed by atoms with Crippen molar-refractivity contribution < 1.29 is 19.4 Å². The molecule has 1 rings (SSSR count). The average molecular weight is 345 g/mol. The number of carbonyl (C=O) groups is 2. The highest BCUT2D eigenvalue weighted by atomic mass is 35.5. The quantitative estimate of drug-likeness (QED) is 0.675. The molecule has 0 aliphatic heterocycles. The van der Waals surface area contributed by atoms with Crippen molar-refractivity contribution in [1.29, 1.82) is 0 Å². The summed E-state index contributed by atoms with van der Waals surface area (Å²) in [5, 5.41) is 11.7. The van der Waals surface area contributed by atoms with Crippen molar-refractivity contribution in [1.82, 2.24) is 10.2 Å². The monoisotopic (exact) mass is 344 g/mol. The Morgan fingerprint density at radius 1 is 1.22 bits per heavy atom. The molecule has 0 heterocycles. The summed E-state index contributed by atoms with van der Waals surface area (Å²) in [5.41, 5.74) is 2.03. The van der Waals surface area contributed by atoms with Gasteiger partial charge in [-0.2, -0.15) is 0 Å². The molecule has 6 nitrogen and oxygen atoms in total. The molecule has 7 heteroatoms. The van der Waals surface area contributed by atoms with Gasteiger partial charge in [0, 0.05) is 13.7 Å². The standard InChI is InChI=1S/C16H24N2O4.ClH/c1-3-8-18(11-16(20)21)10-15(19)17-9-13-6-4-5-7-14(13)12-22-2;/h4-7H,3,8-12H2,1-2H3,(H,17,19)(H,20,21);1H. The van der Waals surface area contributed by atoms with Crippen LogP contribution in [0, 0.1) is 0 Å². The van der Waals surface area contributed by atoms with Crippen molar-refractivity contribution in [2.24, 2.45) is 0 Å². The third kappa shape index (κ3) is 8.54. The van der Waals surface area contributed by atoms with Crippen molar-refractivity contribution in [3.8, 4) is 0 Å². The van der Waals surface area contributed by atoms with Gasteiger partial charge in [-0.3, -0.25) is 14.5 Å². The Bertz CT molecular complexity index is 497. The van der Waals surface area contributed by atoms with Gasteiger partial charge < -0.3 is 15.2 Å². The van der Waals surface area contributed by atoms with Gasteiger partial charge in [0.25, 0.3) is 0 Å². The molecule has 0 bridgehead atoms. The minimum Gasteiger partial charge on any atom is -0.480 e. The maximum Gasteiger partial charge on any atom is 0.317 e. The normalized spacial score (nSPS) is 10.2. The predicted molar refractivity (Wildman–Crippen MR) is 90.6 cm³/mol. The molecule has 0 aliphatic carbocycles. The largest absolute Gasteiger partial charge is 0.480 e. The van der Waals surface area contributed by atoms with Gasteiger partial charge in [-0.15, -0.1) is 12.4 Å². The minimum absolute atomic E-state index is 0. The molecular weight excluding hydrogens is 320 g/mol. The lowest BCUT2D eigenvalue weighted by molar-refractivity contribution is -0.138. The first kappa shape index (κ1) is 21.4. The lowest BCUT2D eigenvalue weighted by Crippen LogP contribution is -2.40. The molecule has 130 valence electrons. The number of halogens is 1. The number of benzene rings is 1. The van der Waals surface area contributed by atoms with Crippen molar-refractivity contribution >= 4 is 24.3 Å². The van der Waals surface area contributed by atoms with E-state index in [-0.39, 0.29) is 31.4 Å². The molecule has 0 saturated heterocycles. The Morgan fingerprint density at radius 2 is 1.87 bits per heavy atom. The van der Waals surface area contributed by atoms with Gasteiger partial charge in [-0.25, -0.2) is 0 Å². The Hall–Kier alpha value is -1.63. The van der Waals surface area contributed by atoms with Gasteiger partial charge >= 0.3 is 5.97 Å². The molecule has 1 aromatic rings. The maximum atomic E-state index is 12.0. The molecule has 0 unspecified atom stereocenters. The molecular formula is C16H25ClN2O4. The Balaban J connectivity index is 0.00000484. The highest BCUT2D eigenvalue weighted by Gasteiger charge is 2.13. The summed E-state index contributed by atoms with van der Waals surface area (Å²) in [5.74, 6) is -1.10. The van der Waals surface area contributed by atoms with Crippen LogP contribution in [-0.4, -0.2) is 48.6 Å². The molecule has 0 atom stereocenters. The van der Waals surface area contributed by atoms with Crippen LogP contribution >= 0.6 is 12.4 Å². The zero-order chi connectivity index (χ0) is 16.4. The molecule has 0 spiro atoms. The van der Waals surface area contributed by atoms with Gasteiger partial charge in [0.15, 0.2) is 0 Å². The second-order valence-electron chi connectivity index (χ2n) is 5.08. The minimum atomic E-state index is -0.924. The van der Waals surface area contributed by atoms with Crippen LogP contribution in [0.5, 0.6) is 0 Å². The Kier molecular flexibility index (Phi) is 11.0. The van der Waals surface area contributed by atoms with E-state index < -0.39 is 5.97 Å². The Morgan fingerprint density at radius 3 is 2.43 bits per heavy atom. The van der Waals surface area contributed by atoms with Crippen LogP contribution in [-0.2, 0) is 27.5 Å². The van der Waals surface area contributed by atoms with Gasteiger partial charge in [-0.05, 0) is 24.1 Å². The van der Waals surface area contributed by atoms with Crippen LogP contribution in [0.1, 0.15) is 24.5 Å². The van der Waals surface area contributed by atoms with Crippen molar-refractivity contribution in [3.05, 3.63) is 35.4 Å². The zero-order valence-corrected chi connectivity index (χ0v) is 14.4. The molecule has 0 aromatic heterocycles. The molecule has 2 N–H and O–H groups in total. The number of carbonyl (C=O) groups excluding carboxylic acids is 1. The van der Waals surface area contributed by atoms with Crippen LogP contribution in [0.15, 0.2) is 24.3 Å². The van der Waals surface area contributed by atoms with E-state index in [1.807, 2.05) is 31.2 Å². The zero-order valence-electron chi connectivity index (χ0n) is 13.6. The van der Waals surface area contributed by atoms with Crippen LogP contribution in [0.4, 0.5) is 0 Å². The van der Waals surface area contributed by atoms with Crippen LogP contribution in [0.3, 0.4) is 0 Å². The maximum absolute atomic E-state index is 12.0.